The van der Waals surface area contributed by atoms with Crippen LogP contribution in [0.25, 0.3) is 6.08 Å². The van der Waals surface area contributed by atoms with Crippen LogP contribution in [-0.2, 0) is 22.8 Å². The summed E-state index contributed by atoms with van der Waals surface area (Å²) in [7, 11) is 0. The molecule has 2 aliphatic heterocycles. The minimum Gasteiger partial charge on any atom is -0.392 e. The Labute approximate surface area is 210 Å². The predicted octanol–water partition coefficient (Wildman–Crippen LogP) is 2.79. The number of carbonyl (C=O) groups excluding carboxylic acids is 3. The highest BCUT2D eigenvalue weighted by atomic mass is 32.2. The summed E-state index contributed by atoms with van der Waals surface area (Å²) in [6.45, 7) is -0.0174. The van der Waals surface area contributed by atoms with Gasteiger partial charge in [0.25, 0.3) is 5.91 Å². The first-order valence-electron chi connectivity index (χ1n) is 9.41. The van der Waals surface area contributed by atoms with Crippen LogP contribution in [0, 0.1) is 0 Å². The third kappa shape index (κ3) is 9.54. The van der Waals surface area contributed by atoms with E-state index in [1.807, 2.05) is 24.3 Å². The number of hydrogen-bond acceptors (Lipinski definition) is 9. The second kappa shape index (κ2) is 14.0. The summed E-state index contributed by atoms with van der Waals surface area (Å²) in [5.74, 6) is 0.359. The summed E-state index contributed by atoms with van der Waals surface area (Å²) in [6, 6.07) is 14.3. The third-order valence-electron chi connectivity index (χ3n) is 3.92. The lowest BCUT2D eigenvalue weighted by Crippen LogP contribution is -2.18. The Hall–Kier alpha value is -2.41. The van der Waals surface area contributed by atoms with Gasteiger partial charge in [0, 0.05) is 5.56 Å². The second-order valence-corrected chi connectivity index (χ2v) is 9.77. The fourth-order valence-electron chi connectivity index (χ4n) is 2.44. The van der Waals surface area contributed by atoms with Crippen molar-refractivity contribution in [2.24, 2.45) is 0 Å². The number of aliphatic hydroxyl groups is 2. The van der Waals surface area contributed by atoms with Crippen molar-refractivity contribution in [2.75, 3.05) is 5.75 Å². The van der Waals surface area contributed by atoms with E-state index in [0.717, 1.165) is 23.0 Å². The first kappa shape index (κ1) is 26.8. The maximum absolute atomic E-state index is 11.4. The maximum atomic E-state index is 11.4. The van der Waals surface area contributed by atoms with Gasteiger partial charge in [-0.3, -0.25) is 14.4 Å². The van der Waals surface area contributed by atoms with Gasteiger partial charge in [-0.2, -0.15) is 0 Å². The van der Waals surface area contributed by atoms with Gasteiger partial charge < -0.3 is 20.8 Å². The zero-order valence-corrected chi connectivity index (χ0v) is 20.4. The van der Waals surface area contributed by atoms with Crippen molar-refractivity contribution in [3.63, 3.8) is 0 Å². The van der Waals surface area contributed by atoms with E-state index in [1.54, 1.807) is 30.3 Å². The molecule has 2 fully saturated rings. The Morgan fingerprint density at radius 3 is 1.94 bits per heavy atom. The summed E-state index contributed by atoms with van der Waals surface area (Å²) in [5, 5.41) is 22.7. The smallest absolute Gasteiger partial charge is 0.263 e. The molecule has 33 heavy (non-hydrogen) atoms. The average molecular weight is 521 g/mol. The van der Waals surface area contributed by atoms with Gasteiger partial charge in [0.2, 0.25) is 5.91 Å². The molecule has 0 aromatic heterocycles. The zero-order valence-electron chi connectivity index (χ0n) is 17.1. The fraction of sp³-hybridized carbons (Fsp3) is 0.136. The molecule has 0 saturated carbocycles. The molecule has 2 aliphatic rings. The van der Waals surface area contributed by atoms with Crippen LogP contribution < -0.4 is 10.6 Å². The average Bonchev–Trinajstić information content (AvgIpc) is 3.36. The molecule has 0 atom stereocenters. The second-order valence-electron chi connectivity index (χ2n) is 6.40. The summed E-state index contributed by atoms with van der Waals surface area (Å²) in [6.07, 6.45) is 2.53. The highest BCUT2D eigenvalue weighted by Crippen LogP contribution is 2.25. The molecule has 0 spiro atoms. The molecular weight excluding hydrogens is 501 g/mol. The molecule has 2 heterocycles. The van der Waals surface area contributed by atoms with Crippen molar-refractivity contribution in [2.45, 2.75) is 13.2 Å². The van der Waals surface area contributed by atoms with E-state index in [4.69, 9.17) is 22.4 Å². The van der Waals surface area contributed by atoms with Gasteiger partial charge in [0.1, 0.15) is 14.9 Å². The fourth-order valence-corrected chi connectivity index (χ4v) is 4.29. The van der Waals surface area contributed by atoms with Crippen LogP contribution in [0.4, 0.5) is 0 Å². The number of amides is 2. The lowest BCUT2D eigenvalue weighted by atomic mass is 10.1. The summed E-state index contributed by atoms with van der Waals surface area (Å²) in [4.78, 5) is 32.4. The van der Waals surface area contributed by atoms with Crippen molar-refractivity contribution in [3.8, 4) is 0 Å². The van der Waals surface area contributed by atoms with E-state index >= 15 is 0 Å². The Morgan fingerprint density at radius 2 is 1.52 bits per heavy atom. The van der Waals surface area contributed by atoms with Gasteiger partial charge in [-0.1, -0.05) is 84.4 Å². The monoisotopic (exact) mass is 520 g/mol. The molecule has 2 saturated heterocycles. The van der Waals surface area contributed by atoms with E-state index in [1.165, 1.54) is 23.5 Å². The standard InChI is InChI=1S/C11H9NO2S2.C8H8O2.C3H3NOS2/c13-6-8-3-1-2-7(4-8)5-9-10(14)12-11(15)16-9;9-5-7-2-1-3-8(4-7)6-10;5-2-1-7-3(6)4-2/h1-5,13H,6H2,(H,12,14,15);1-5,10H,6H2;1H2,(H,4,5,6)/b9-5-;;. The SMILES string of the molecule is O=C1CSC(=S)N1.O=C1NC(=S)S/C1=C\c1cccc(CO)c1.O=Cc1cccc(CO)c1. The zero-order chi connectivity index (χ0) is 24.2. The molecule has 0 bridgehead atoms. The number of thiocarbonyl (C=S) groups is 2. The molecule has 2 aromatic carbocycles. The normalized spacial score (nSPS) is 15.8. The van der Waals surface area contributed by atoms with E-state index < -0.39 is 0 Å². The minimum absolute atomic E-state index is 0.00519. The number of thioether (sulfide) groups is 2. The van der Waals surface area contributed by atoms with Gasteiger partial charge in [0.15, 0.2) is 0 Å². The number of hydrogen-bond donors (Lipinski definition) is 4. The summed E-state index contributed by atoms with van der Waals surface area (Å²) < 4.78 is 1.08. The van der Waals surface area contributed by atoms with Crippen LogP contribution in [0.15, 0.2) is 53.4 Å². The van der Waals surface area contributed by atoms with E-state index in [9.17, 15) is 14.4 Å². The minimum atomic E-state index is -0.163. The van der Waals surface area contributed by atoms with Crippen molar-refractivity contribution >= 4 is 80.8 Å². The Morgan fingerprint density at radius 1 is 0.909 bits per heavy atom. The molecule has 7 nitrogen and oxygen atoms in total. The van der Waals surface area contributed by atoms with Crippen LogP contribution >= 0.6 is 48.0 Å². The molecule has 4 N–H and O–H groups in total. The predicted molar refractivity (Wildman–Crippen MR) is 140 cm³/mol. The molecule has 0 unspecified atom stereocenters. The van der Waals surface area contributed by atoms with Crippen LogP contribution in [0.1, 0.15) is 27.0 Å². The molecule has 2 amide bonds. The van der Waals surface area contributed by atoms with Crippen molar-refractivity contribution in [1.29, 1.82) is 0 Å². The Kier molecular flexibility index (Phi) is 11.4. The molecule has 2 aromatic rings. The number of aliphatic hydroxyl groups excluding tert-OH is 2. The largest absolute Gasteiger partial charge is 0.392 e. The molecule has 11 heteroatoms. The summed E-state index contributed by atoms with van der Waals surface area (Å²) >= 11 is 12.1. The quantitative estimate of drug-likeness (QED) is 0.274. The molecule has 0 aliphatic carbocycles. The number of aldehydes is 1. The Balaban J connectivity index is 0.000000193. The maximum Gasteiger partial charge on any atom is 0.263 e. The lowest BCUT2D eigenvalue weighted by Gasteiger charge is -1.98. The van der Waals surface area contributed by atoms with E-state index in [0.29, 0.717) is 24.9 Å². The van der Waals surface area contributed by atoms with Gasteiger partial charge in [-0.05, 0) is 34.9 Å². The van der Waals surface area contributed by atoms with Crippen LogP contribution in [0.5, 0.6) is 0 Å². The highest BCUT2D eigenvalue weighted by Gasteiger charge is 2.21. The Bertz CT molecular complexity index is 1070. The molecule has 4 rings (SSSR count). The highest BCUT2D eigenvalue weighted by molar-refractivity contribution is 8.26. The van der Waals surface area contributed by atoms with Gasteiger partial charge in [0.05, 0.1) is 23.9 Å². The van der Waals surface area contributed by atoms with E-state index in [2.05, 4.69) is 22.9 Å². The third-order valence-corrected chi connectivity index (χ3v) is 6.31. The van der Waals surface area contributed by atoms with Crippen LogP contribution in [-0.4, -0.2) is 42.7 Å². The van der Waals surface area contributed by atoms with Crippen LogP contribution in [0.3, 0.4) is 0 Å². The van der Waals surface area contributed by atoms with Crippen molar-refractivity contribution < 1.29 is 24.6 Å². The first-order chi connectivity index (χ1) is 15.8. The van der Waals surface area contributed by atoms with Crippen LogP contribution in [0.2, 0.25) is 0 Å². The summed E-state index contributed by atoms with van der Waals surface area (Å²) in [5.41, 5.74) is 3.07. The van der Waals surface area contributed by atoms with Crippen molar-refractivity contribution in [3.05, 3.63) is 75.7 Å². The van der Waals surface area contributed by atoms with Gasteiger partial charge in [-0.25, -0.2) is 0 Å². The number of carbonyl (C=O) groups is 3. The lowest BCUT2D eigenvalue weighted by molar-refractivity contribution is -0.117. The van der Waals surface area contributed by atoms with Gasteiger partial charge >= 0.3 is 0 Å². The van der Waals surface area contributed by atoms with Crippen molar-refractivity contribution in [1.82, 2.24) is 10.6 Å². The van der Waals surface area contributed by atoms with E-state index in [-0.39, 0.29) is 25.0 Å². The number of nitrogens with one attached hydrogen (secondary N) is 2. The number of benzene rings is 2. The molecule has 172 valence electrons. The van der Waals surface area contributed by atoms with Gasteiger partial charge in [-0.15, -0.1) is 0 Å². The topological polar surface area (TPSA) is 116 Å². The first-order valence-corrected chi connectivity index (χ1v) is 12.0. The number of rotatable bonds is 4. The molecular formula is C22H20N2O5S4. The molecule has 0 radical (unpaired) electrons.